The molecular weight excluding hydrogens is 358 g/mol. The standard InChI is InChI=1S/C17H19N3O5S/c21-13(18-17(16(24)25)6-9-26-10-7-17)5-8-20-15(23)12-4-2-1-3-11(12)14(22)19-20/h1-4H,5-10H2,(H,18,21)(H,19,22)(H,24,25). The van der Waals surface area contributed by atoms with E-state index in [2.05, 4.69) is 10.4 Å². The zero-order valence-electron chi connectivity index (χ0n) is 14.0. The second-order valence-electron chi connectivity index (χ2n) is 6.24. The number of aromatic amines is 1. The van der Waals surface area contributed by atoms with Crippen LogP contribution in [-0.2, 0) is 16.1 Å². The van der Waals surface area contributed by atoms with E-state index in [9.17, 15) is 24.3 Å². The van der Waals surface area contributed by atoms with E-state index in [1.165, 1.54) is 0 Å². The van der Waals surface area contributed by atoms with Gasteiger partial charge in [0, 0.05) is 6.42 Å². The Morgan fingerprint density at radius 3 is 2.50 bits per heavy atom. The zero-order valence-corrected chi connectivity index (χ0v) is 14.8. The molecule has 0 saturated carbocycles. The van der Waals surface area contributed by atoms with Gasteiger partial charge < -0.3 is 10.4 Å². The van der Waals surface area contributed by atoms with Gasteiger partial charge in [0.15, 0.2) is 0 Å². The number of nitrogens with zero attached hydrogens (tertiary/aromatic N) is 1. The quantitative estimate of drug-likeness (QED) is 0.699. The first-order valence-electron chi connectivity index (χ1n) is 8.27. The lowest BCUT2D eigenvalue weighted by molar-refractivity contribution is -0.148. The molecule has 1 aliphatic rings. The van der Waals surface area contributed by atoms with Crippen LogP contribution in [0.5, 0.6) is 0 Å². The lowest BCUT2D eigenvalue weighted by Crippen LogP contribution is -2.56. The average molecular weight is 377 g/mol. The Labute approximate surface area is 152 Å². The highest BCUT2D eigenvalue weighted by molar-refractivity contribution is 7.99. The number of fused-ring (bicyclic) bond motifs is 1. The predicted octanol–water partition coefficient (Wildman–Crippen LogP) is 0.546. The molecule has 1 aromatic heterocycles. The summed E-state index contributed by atoms with van der Waals surface area (Å²) in [6.45, 7) is -0.0325. The van der Waals surface area contributed by atoms with Crippen LogP contribution in [0.2, 0.25) is 0 Å². The fraction of sp³-hybridized carbons (Fsp3) is 0.412. The summed E-state index contributed by atoms with van der Waals surface area (Å²) in [5.41, 5.74) is -2.05. The van der Waals surface area contributed by atoms with Gasteiger partial charge in [-0.25, -0.2) is 9.48 Å². The first-order valence-corrected chi connectivity index (χ1v) is 9.42. The fourth-order valence-electron chi connectivity index (χ4n) is 3.06. The van der Waals surface area contributed by atoms with E-state index in [1.807, 2.05) is 0 Å². The monoisotopic (exact) mass is 377 g/mol. The van der Waals surface area contributed by atoms with Crippen LogP contribution in [0.4, 0.5) is 0 Å². The first-order chi connectivity index (χ1) is 12.4. The molecule has 1 amide bonds. The highest BCUT2D eigenvalue weighted by Gasteiger charge is 2.41. The minimum Gasteiger partial charge on any atom is -0.480 e. The Hall–Kier alpha value is -2.55. The van der Waals surface area contributed by atoms with Gasteiger partial charge in [-0.1, -0.05) is 12.1 Å². The van der Waals surface area contributed by atoms with Crippen molar-refractivity contribution >= 4 is 34.4 Å². The molecule has 1 aromatic carbocycles. The topological polar surface area (TPSA) is 121 Å². The Kier molecular flexibility index (Phi) is 5.17. The van der Waals surface area contributed by atoms with Crippen molar-refractivity contribution in [1.82, 2.24) is 15.1 Å². The van der Waals surface area contributed by atoms with Crippen molar-refractivity contribution in [2.24, 2.45) is 0 Å². The summed E-state index contributed by atoms with van der Waals surface area (Å²) in [5, 5.41) is 15.1. The maximum Gasteiger partial charge on any atom is 0.329 e. The van der Waals surface area contributed by atoms with E-state index in [0.717, 1.165) is 4.68 Å². The van der Waals surface area contributed by atoms with Crippen LogP contribution in [0.25, 0.3) is 10.8 Å². The number of carbonyl (C=O) groups excluding carboxylic acids is 1. The number of amides is 1. The van der Waals surface area contributed by atoms with E-state index < -0.39 is 28.5 Å². The summed E-state index contributed by atoms with van der Waals surface area (Å²) >= 11 is 1.66. The number of aromatic nitrogens is 2. The Balaban J connectivity index is 1.75. The number of nitrogens with one attached hydrogen (secondary N) is 2. The first kappa shape index (κ1) is 18.2. The molecule has 1 aliphatic heterocycles. The highest BCUT2D eigenvalue weighted by atomic mass is 32.2. The van der Waals surface area contributed by atoms with Crippen LogP contribution in [0.1, 0.15) is 19.3 Å². The van der Waals surface area contributed by atoms with Crippen LogP contribution in [0.3, 0.4) is 0 Å². The summed E-state index contributed by atoms with van der Waals surface area (Å²) in [7, 11) is 0. The highest BCUT2D eigenvalue weighted by Crippen LogP contribution is 2.27. The average Bonchev–Trinajstić information content (AvgIpc) is 2.64. The normalized spacial score (nSPS) is 16.3. The maximum absolute atomic E-state index is 12.4. The van der Waals surface area contributed by atoms with Crippen LogP contribution in [0.15, 0.2) is 33.9 Å². The molecular formula is C17H19N3O5S. The molecule has 0 radical (unpaired) electrons. The second kappa shape index (κ2) is 7.36. The third-order valence-electron chi connectivity index (χ3n) is 4.58. The number of carboxylic acid groups (broad SMARTS) is 1. The molecule has 1 saturated heterocycles. The van der Waals surface area contributed by atoms with Crippen LogP contribution in [0, 0.1) is 0 Å². The molecule has 3 rings (SSSR count). The summed E-state index contributed by atoms with van der Waals surface area (Å²) in [6.07, 6.45) is 0.632. The molecule has 0 spiro atoms. The molecule has 8 nitrogen and oxygen atoms in total. The van der Waals surface area contributed by atoms with Crippen molar-refractivity contribution in [3.63, 3.8) is 0 Å². The molecule has 1 fully saturated rings. The molecule has 0 aliphatic carbocycles. The molecule has 26 heavy (non-hydrogen) atoms. The van der Waals surface area contributed by atoms with E-state index in [-0.39, 0.29) is 18.4 Å². The minimum absolute atomic E-state index is 0.0325. The van der Waals surface area contributed by atoms with Crippen molar-refractivity contribution in [2.75, 3.05) is 11.5 Å². The lowest BCUT2D eigenvalue weighted by atomic mass is 9.92. The SMILES string of the molecule is O=C(CCn1[nH]c(=O)c2ccccc2c1=O)NC1(C(=O)O)CCSCC1. The smallest absolute Gasteiger partial charge is 0.329 e. The lowest BCUT2D eigenvalue weighted by Gasteiger charge is -2.33. The Bertz CT molecular complexity index is 959. The van der Waals surface area contributed by atoms with Crippen LogP contribution in [-0.4, -0.2) is 43.8 Å². The van der Waals surface area contributed by atoms with Crippen LogP contribution >= 0.6 is 11.8 Å². The number of thioether (sulfide) groups is 1. The van der Waals surface area contributed by atoms with E-state index in [1.54, 1.807) is 36.0 Å². The summed E-state index contributed by atoms with van der Waals surface area (Å²) in [6, 6.07) is 6.45. The van der Waals surface area contributed by atoms with Gasteiger partial charge in [0.2, 0.25) is 5.91 Å². The molecule has 0 atom stereocenters. The number of H-pyrrole nitrogens is 1. The molecule has 0 unspecified atom stereocenters. The third-order valence-corrected chi connectivity index (χ3v) is 5.57. The van der Waals surface area contributed by atoms with Gasteiger partial charge in [-0.2, -0.15) is 11.8 Å². The van der Waals surface area contributed by atoms with Gasteiger partial charge in [0.1, 0.15) is 5.54 Å². The van der Waals surface area contributed by atoms with E-state index in [4.69, 9.17) is 0 Å². The van der Waals surface area contributed by atoms with Crippen molar-refractivity contribution < 1.29 is 14.7 Å². The van der Waals surface area contributed by atoms with Gasteiger partial charge >= 0.3 is 5.97 Å². The van der Waals surface area contributed by atoms with Crippen molar-refractivity contribution in [3.05, 3.63) is 45.0 Å². The Morgan fingerprint density at radius 2 is 1.85 bits per heavy atom. The summed E-state index contributed by atoms with van der Waals surface area (Å²) in [5.74, 6) is -0.156. The number of carbonyl (C=O) groups is 2. The van der Waals surface area contributed by atoms with E-state index in [0.29, 0.717) is 29.7 Å². The van der Waals surface area contributed by atoms with Gasteiger partial charge in [-0.15, -0.1) is 0 Å². The van der Waals surface area contributed by atoms with Gasteiger partial charge in [-0.05, 0) is 36.5 Å². The van der Waals surface area contributed by atoms with Crippen molar-refractivity contribution in [3.8, 4) is 0 Å². The summed E-state index contributed by atoms with van der Waals surface area (Å²) < 4.78 is 1.09. The number of aryl methyl sites for hydroxylation is 1. The number of carboxylic acids is 1. The zero-order chi connectivity index (χ0) is 18.7. The maximum atomic E-state index is 12.4. The van der Waals surface area contributed by atoms with Gasteiger partial charge in [0.25, 0.3) is 11.1 Å². The number of benzene rings is 1. The van der Waals surface area contributed by atoms with Gasteiger partial charge in [0.05, 0.1) is 17.3 Å². The molecule has 9 heteroatoms. The van der Waals surface area contributed by atoms with E-state index >= 15 is 0 Å². The Morgan fingerprint density at radius 1 is 1.19 bits per heavy atom. The summed E-state index contributed by atoms with van der Waals surface area (Å²) in [4.78, 5) is 48.3. The number of aliphatic carboxylic acids is 1. The molecule has 2 heterocycles. The minimum atomic E-state index is -1.25. The van der Waals surface area contributed by atoms with Crippen LogP contribution < -0.4 is 16.4 Å². The van der Waals surface area contributed by atoms with Gasteiger partial charge in [-0.3, -0.25) is 19.5 Å². The largest absolute Gasteiger partial charge is 0.480 e. The third kappa shape index (κ3) is 3.52. The predicted molar refractivity (Wildman–Crippen MR) is 98.5 cm³/mol. The van der Waals surface area contributed by atoms with Crippen molar-refractivity contribution in [2.45, 2.75) is 31.3 Å². The molecule has 2 aromatic rings. The molecule has 0 bridgehead atoms. The fourth-order valence-corrected chi connectivity index (χ4v) is 4.25. The number of rotatable bonds is 5. The number of hydrogen-bond acceptors (Lipinski definition) is 5. The molecule has 138 valence electrons. The van der Waals surface area contributed by atoms with Crippen molar-refractivity contribution in [1.29, 1.82) is 0 Å². The molecule has 3 N–H and O–H groups in total. The second-order valence-corrected chi connectivity index (χ2v) is 7.47. The number of hydrogen-bond donors (Lipinski definition) is 3.